The average molecular weight is 498 g/mol. The summed E-state index contributed by atoms with van der Waals surface area (Å²) in [4.78, 5) is 42.0. The van der Waals surface area contributed by atoms with Crippen molar-refractivity contribution < 1.29 is 14.7 Å². The van der Waals surface area contributed by atoms with Crippen molar-refractivity contribution in [3.63, 3.8) is 0 Å². The Hall–Kier alpha value is -2.91. The highest BCUT2D eigenvalue weighted by Crippen LogP contribution is 2.34. The summed E-state index contributed by atoms with van der Waals surface area (Å²) in [5.41, 5.74) is 1.36. The summed E-state index contributed by atoms with van der Waals surface area (Å²) in [5.74, 6) is -0.0282. The Labute approximate surface area is 212 Å². The predicted molar refractivity (Wildman–Crippen MR) is 139 cm³/mol. The molecular weight excluding hydrogens is 458 g/mol. The fourth-order valence-electron chi connectivity index (χ4n) is 5.33. The van der Waals surface area contributed by atoms with Crippen LogP contribution in [0.4, 0.5) is 0 Å². The standard InChI is InChI=1S/C27H39N5O4/c1-19(2)18-23(34)29-14-17-31-25(26(35)30-15-12-28-13-16-30)24(20-8-4-3-5-9-20)32(27(31)36)21-10-6-7-11-22(21)33/h3-5,8-9,19,21-22,28,33H,6-7,10-18H2,1-2H3,(H,29,34). The van der Waals surface area contributed by atoms with Crippen LogP contribution in [-0.2, 0) is 11.3 Å². The summed E-state index contributed by atoms with van der Waals surface area (Å²) < 4.78 is 3.17. The molecule has 9 heteroatoms. The molecular formula is C27H39N5O4. The molecule has 2 amide bonds. The van der Waals surface area contributed by atoms with Gasteiger partial charge in [0.2, 0.25) is 5.91 Å². The van der Waals surface area contributed by atoms with Gasteiger partial charge in [0.1, 0.15) is 5.69 Å². The monoisotopic (exact) mass is 497 g/mol. The molecule has 196 valence electrons. The van der Waals surface area contributed by atoms with Crippen molar-refractivity contribution in [2.75, 3.05) is 32.7 Å². The molecule has 2 aliphatic rings. The number of nitrogens with one attached hydrogen (secondary N) is 2. The number of nitrogens with zero attached hydrogens (tertiary/aromatic N) is 3. The first-order valence-corrected chi connectivity index (χ1v) is 13.2. The number of hydrogen-bond acceptors (Lipinski definition) is 5. The summed E-state index contributed by atoms with van der Waals surface area (Å²) in [6.07, 6.45) is 2.90. The third-order valence-electron chi connectivity index (χ3n) is 7.10. The quantitative estimate of drug-likeness (QED) is 0.517. The number of carbonyl (C=O) groups is 2. The number of imidazole rings is 1. The molecule has 0 spiro atoms. The number of aromatic nitrogens is 2. The third-order valence-corrected chi connectivity index (χ3v) is 7.10. The Kier molecular flexibility index (Phi) is 8.64. The van der Waals surface area contributed by atoms with Crippen molar-refractivity contribution in [3.8, 4) is 11.3 Å². The van der Waals surface area contributed by atoms with Crippen LogP contribution in [0.1, 0.15) is 62.5 Å². The van der Waals surface area contributed by atoms with Crippen molar-refractivity contribution in [1.29, 1.82) is 0 Å². The minimum atomic E-state index is -0.650. The first-order valence-electron chi connectivity index (χ1n) is 13.2. The molecule has 1 aliphatic heterocycles. The lowest BCUT2D eigenvalue weighted by Gasteiger charge is -2.30. The van der Waals surface area contributed by atoms with Crippen LogP contribution in [-0.4, -0.2) is 69.8 Å². The molecule has 1 aromatic carbocycles. The molecule has 2 fully saturated rings. The predicted octanol–water partition coefficient (Wildman–Crippen LogP) is 2.00. The number of carbonyl (C=O) groups excluding carboxylic acids is 2. The van der Waals surface area contributed by atoms with Gasteiger partial charge in [0.15, 0.2) is 0 Å². The summed E-state index contributed by atoms with van der Waals surface area (Å²) in [6, 6.07) is 9.11. The first kappa shape index (κ1) is 26.2. The van der Waals surface area contributed by atoms with Gasteiger partial charge >= 0.3 is 5.69 Å². The van der Waals surface area contributed by atoms with Gasteiger partial charge in [-0.05, 0) is 18.8 Å². The van der Waals surface area contributed by atoms with Gasteiger partial charge in [-0.25, -0.2) is 4.79 Å². The van der Waals surface area contributed by atoms with E-state index >= 15 is 0 Å². The maximum atomic E-state index is 14.0. The van der Waals surface area contributed by atoms with E-state index in [0.717, 1.165) is 18.4 Å². The second-order valence-electron chi connectivity index (χ2n) is 10.3. The second-order valence-corrected chi connectivity index (χ2v) is 10.3. The molecule has 1 saturated heterocycles. The normalized spacial score (nSPS) is 20.5. The van der Waals surface area contributed by atoms with Gasteiger partial charge in [0.25, 0.3) is 5.91 Å². The lowest BCUT2D eigenvalue weighted by atomic mass is 9.92. The third kappa shape index (κ3) is 5.73. The van der Waals surface area contributed by atoms with Crippen LogP contribution in [0.15, 0.2) is 35.1 Å². The van der Waals surface area contributed by atoms with E-state index in [1.807, 2.05) is 44.2 Å². The van der Waals surface area contributed by atoms with Gasteiger partial charge in [0.05, 0.1) is 17.8 Å². The maximum absolute atomic E-state index is 14.0. The first-order chi connectivity index (χ1) is 17.4. The fraction of sp³-hybridized carbons (Fsp3) is 0.593. The van der Waals surface area contributed by atoms with Crippen LogP contribution in [0.25, 0.3) is 11.3 Å². The highest BCUT2D eigenvalue weighted by Gasteiger charge is 2.35. The largest absolute Gasteiger partial charge is 0.391 e. The van der Waals surface area contributed by atoms with Gasteiger partial charge in [0, 0.05) is 51.3 Å². The van der Waals surface area contributed by atoms with E-state index in [9.17, 15) is 19.5 Å². The number of aliphatic hydroxyl groups excluding tert-OH is 1. The molecule has 3 N–H and O–H groups in total. The molecule has 36 heavy (non-hydrogen) atoms. The average Bonchev–Trinajstić information content (AvgIpc) is 3.16. The lowest BCUT2D eigenvalue weighted by Crippen LogP contribution is -2.47. The number of benzene rings is 1. The number of amides is 2. The fourth-order valence-corrected chi connectivity index (χ4v) is 5.33. The van der Waals surface area contributed by atoms with Crippen molar-refractivity contribution in [1.82, 2.24) is 24.7 Å². The molecule has 1 aliphatic carbocycles. The highest BCUT2D eigenvalue weighted by molar-refractivity contribution is 5.99. The molecule has 9 nitrogen and oxygen atoms in total. The van der Waals surface area contributed by atoms with Crippen LogP contribution in [0.2, 0.25) is 0 Å². The minimum absolute atomic E-state index is 0.0709. The molecule has 2 aromatic rings. The Morgan fingerprint density at radius 3 is 2.47 bits per heavy atom. The number of piperazine rings is 1. The van der Waals surface area contributed by atoms with E-state index in [1.165, 1.54) is 4.57 Å². The molecule has 2 atom stereocenters. The smallest absolute Gasteiger partial charge is 0.329 e. The Morgan fingerprint density at radius 1 is 1.11 bits per heavy atom. The van der Waals surface area contributed by atoms with E-state index in [0.29, 0.717) is 56.8 Å². The lowest BCUT2D eigenvalue weighted by molar-refractivity contribution is -0.121. The van der Waals surface area contributed by atoms with Crippen molar-refractivity contribution in [3.05, 3.63) is 46.5 Å². The zero-order chi connectivity index (χ0) is 25.7. The Balaban J connectivity index is 1.81. The summed E-state index contributed by atoms with van der Waals surface area (Å²) >= 11 is 0. The van der Waals surface area contributed by atoms with Crippen molar-refractivity contribution in [2.45, 2.75) is 64.6 Å². The van der Waals surface area contributed by atoms with Gasteiger partial charge in [-0.3, -0.25) is 18.7 Å². The topological polar surface area (TPSA) is 109 Å². The zero-order valence-electron chi connectivity index (χ0n) is 21.4. The Bertz CT molecular complexity index is 1100. The molecule has 1 saturated carbocycles. The molecule has 0 radical (unpaired) electrons. The summed E-state index contributed by atoms with van der Waals surface area (Å²) in [7, 11) is 0. The molecule has 4 rings (SSSR count). The highest BCUT2D eigenvalue weighted by atomic mass is 16.3. The minimum Gasteiger partial charge on any atom is -0.391 e. The van der Waals surface area contributed by atoms with E-state index in [4.69, 9.17) is 0 Å². The van der Waals surface area contributed by atoms with Crippen LogP contribution in [0.3, 0.4) is 0 Å². The molecule has 0 bridgehead atoms. The number of rotatable bonds is 8. The van der Waals surface area contributed by atoms with E-state index in [1.54, 1.807) is 9.47 Å². The SMILES string of the molecule is CC(C)CC(=O)NCCn1c(C(=O)N2CCNCC2)c(-c2ccccc2)n(C2CCCCC2O)c1=O. The van der Waals surface area contributed by atoms with Crippen LogP contribution in [0.5, 0.6) is 0 Å². The maximum Gasteiger partial charge on any atom is 0.329 e. The van der Waals surface area contributed by atoms with Gasteiger partial charge in [-0.1, -0.05) is 57.0 Å². The van der Waals surface area contributed by atoms with Crippen LogP contribution < -0.4 is 16.3 Å². The van der Waals surface area contributed by atoms with Gasteiger partial charge in [-0.15, -0.1) is 0 Å². The van der Waals surface area contributed by atoms with E-state index in [-0.39, 0.29) is 36.5 Å². The molecule has 2 heterocycles. The van der Waals surface area contributed by atoms with Crippen LogP contribution >= 0.6 is 0 Å². The van der Waals surface area contributed by atoms with Crippen molar-refractivity contribution >= 4 is 11.8 Å². The molecule has 1 aromatic heterocycles. The Morgan fingerprint density at radius 2 is 1.81 bits per heavy atom. The summed E-state index contributed by atoms with van der Waals surface area (Å²) in [5, 5.41) is 17.1. The second kappa shape index (κ2) is 11.9. The molecule has 2 unspecified atom stereocenters. The number of hydrogen-bond donors (Lipinski definition) is 3. The summed E-state index contributed by atoms with van der Waals surface area (Å²) in [6.45, 7) is 6.91. The van der Waals surface area contributed by atoms with Gasteiger partial charge in [-0.2, -0.15) is 0 Å². The van der Waals surface area contributed by atoms with Gasteiger partial charge < -0.3 is 20.6 Å². The van der Waals surface area contributed by atoms with E-state index in [2.05, 4.69) is 10.6 Å². The van der Waals surface area contributed by atoms with Crippen LogP contribution in [0, 0.1) is 5.92 Å². The van der Waals surface area contributed by atoms with E-state index < -0.39 is 12.1 Å². The number of aliphatic hydroxyl groups is 1. The van der Waals surface area contributed by atoms with Crippen molar-refractivity contribution in [2.24, 2.45) is 5.92 Å². The zero-order valence-corrected chi connectivity index (χ0v) is 21.4.